The molecular weight excluding hydrogens is 312 g/mol. The van der Waals surface area contributed by atoms with E-state index >= 15 is 0 Å². The van der Waals surface area contributed by atoms with Crippen LogP contribution in [0.2, 0.25) is 5.02 Å². The standard InChI is InChI=1S/C13H17ClN4O4/c1-8(2)12(19)15-5-6-16-13(20)17-9-3-4-10(14)11(7-9)18(21)22/h3-4,7-8H,5-6H2,1-2H3,(H,15,19)(H2,16,17,20). The summed E-state index contributed by atoms with van der Waals surface area (Å²) in [4.78, 5) is 33.0. The van der Waals surface area contributed by atoms with Gasteiger partial charge < -0.3 is 16.0 Å². The Morgan fingerprint density at radius 1 is 1.27 bits per heavy atom. The minimum Gasteiger partial charge on any atom is -0.354 e. The Balaban J connectivity index is 2.44. The lowest BCUT2D eigenvalue weighted by Gasteiger charge is -2.10. The first kappa shape index (κ1) is 17.7. The Labute approximate surface area is 132 Å². The largest absolute Gasteiger partial charge is 0.354 e. The van der Waals surface area contributed by atoms with Crippen LogP contribution in [0.4, 0.5) is 16.2 Å². The zero-order valence-electron chi connectivity index (χ0n) is 12.2. The number of amides is 3. The number of nitro groups is 1. The van der Waals surface area contributed by atoms with Crippen LogP contribution in [0.3, 0.4) is 0 Å². The van der Waals surface area contributed by atoms with Gasteiger partial charge in [0.15, 0.2) is 0 Å². The monoisotopic (exact) mass is 328 g/mol. The lowest BCUT2D eigenvalue weighted by molar-refractivity contribution is -0.384. The maximum Gasteiger partial charge on any atom is 0.319 e. The zero-order chi connectivity index (χ0) is 16.7. The van der Waals surface area contributed by atoms with E-state index in [-0.39, 0.29) is 34.8 Å². The van der Waals surface area contributed by atoms with Gasteiger partial charge in [0.1, 0.15) is 5.02 Å². The Hall–Kier alpha value is -2.35. The second-order valence-corrected chi connectivity index (χ2v) is 5.16. The van der Waals surface area contributed by atoms with Gasteiger partial charge >= 0.3 is 6.03 Å². The minimum atomic E-state index is -0.632. The average molecular weight is 329 g/mol. The number of carbonyl (C=O) groups excluding carboxylic acids is 2. The molecule has 0 aliphatic heterocycles. The van der Waals surface area contributed by atoms with Crippen LogP contribution in [0.1, 0.15) is 13.8 Å². The van der Waals surface area contributed by atoms with Crippen molar-refractivity contribution in [3.8, 4) is 0 Å². The number of urea groups is 1. The molecule has 22 heavy (non-hydrogen) atoms. The van der Waals surface area contributed by atoms with E-state index in [1.807, 2.05) is 0 Å². The first-order chi connectivity index (χ1) is 10.3. The fourth-order valence-electron chi connectivity index (χ4n) is 1.47. The zero-order valence-corrected chi connectivity index (χ0v) is 12.9. The van der Waals surface area contributed by atoms with Crippen LogP contribution in [-0.4, -0.2) is 30.0 Å². The molecular formula is C13H17ClN4O4. The molecule has 0 aromatic heterocycles. The van der Waals surface area contributed by atoms with Crippen molar-refractivity contribution >= 4 is 34.9 Å². The highest BCUT2D eigenvalue weighted by Gasteiger charge is 2.13. The molecule has 1 aromatic carbocycles. The van der Waals surface area contributed by atoms with E-state index in [1.54, 1.807) is 13.8 Å². The van der Waals surface area contributed by atoms with Gasteiger partial charge in [0.2, 0.25) is 5.91 Å². The molecule has 0 saturated heterocycles. The second-order valence-electron chi connectivity index (χ2n) is 4.75. The van der Waals surface area contributed by atoms with Gasteiger partial charge in [-0.15, -0.1) is 0 Å². The predicted molar refractivity (Wildman–Crippen MR) is 83.0 cm³/mol. The van der Waals surface area contributed by atoms with E-state index in [9.17, 15) is 19.7 Å². The van der Waals surface area contributed by atoms with Gasteiger partial charge in [-0.1, -0.05) is 25.4 Å². The third-order valence-corrected chi connectivity index (χ3v) is 2.95. The maximum atomic E-state index is 11.6. The lowest BCUT2D eigenvalue weighted by Crippen LogP contribution is -2.38. The SMILES string of the molecule is CC(C)C(=O)NCCNC(=O)Nc1ccc(Cl)c([N+](=O)[O-])c1. The van der Waals surface area contributed by atoms with E-state index in [0.29, 0.717) is 6.54 Å². The third kappa shape index (κ3) is 5.57. The molecule has 0 fully saturated rings. The van der Waals surface area contributed by atoms with Crippen molar-refractivity contribution in [3.05, 3.63) is 33.3 Å². The molecule has 0 unspecified atom stereocenters. The molecule has 0 aliphatic rings. The van der Waals surface area contributed by atoms with Crippen molar-refractivity contribution in [2.75, 3.05) is 18.4 Å². The van der Waals surface area contributed by atoms with Crippen molar-refractivity contribution < 1.29 is 14.5 Å². The number of hydrogen-bond acceptors (Lipinski definition) is 4. The molecule has 0 aliphatic carbocycles. The lowest BCUT2D eigenvalue weighted by atomic mass is 10.2. The molecule has 0 heterocycles. The highest BCUT2D eigenvalue weighted by Crippen LogP contribution is 2.27. The van der Waals surface area contributed by atoms with Gasteiger partial charge in [-0.05, 0) is 12.1 Å². The Morgan fingerprint density at radius 2 is 1.91 bits per heavy atom. The number of nitrogens with one attached hydrogen (secondary N) is 3. The van der Waals surface area contributed by atoms with E-state index in [4.69, 9.17) is 11.6 Å². The molecule has 0 bridgehead atoms. The van der Waals surface area contributed by atoms with Gasteiger partial charge in [-0.3, -0.25) is 14.9 Å². The molecule has 1 rings (SSSR count). The minimum absolute atomic E-state index is 0.00708. The molecule has 9 heteroatoms. The molecule has 3 N–H and O–H groups in total. The van der Waals surface area contributed by atoms with Crippen LogP contribution in [0.5, 0.6) is 0 Å². The maximum absolute atomic E-state index is 11.6. The number of anilines is 1. The van der Waals surface area contributed by atoms with Crippen molar-refractivity contribution in [2.45, 2.75) is 13.8 Å². The van der Waals surface area contributed by atoms with Crippen LogP contribution in [-0.2, 0) is 4.79 Å². The van der Waals surface area contributed by atoms with Gasteiger partial charge in [0, 0.05) is 30.8 Å². The number of halogens is 1. The molecule has 0 atom stereocenters. The molecule has 8 nitrogen and oxygen atoms in total. The van der Waals surface area contributed by atoms with Crippen LogP contribution in [0.15, 0.2) is 18.2 Å². The molecule has 0 saturated carbocycles. The summed E-state index contributed by atoms with van der Waals surface area (Å²) in [6.45, 7) is 4.07. The molecule has 1 aromatic rings. The van der Waals surface area contributed by atoms with Crippen LogP contribution < -0.4 is 16.0 Å². The van der Waals surface area contributed by atoms with Gasteiger partial charge in [-0.25, -0.2) is 4.79 Å². The van der Waals surface area contributed by atoms with Gasteiger partial charge in [0.05, 0.1) is 4.92 Å². The van der Waals surface area contributed by atoms with E-state index in [0.717, 1.165) is 0 Å². The van der Waals surface area contributed by atoms with Crippen molar-refractivity contribution in [1.29, 1.82) is 0 Å². The predicted octanol–water partition coefficient (Wildman–Crippen LogP) is 2.14. The first-order valence-corrected chi connectivity index (χ1v) is 6.95. The highest BCUT2D eigenvalue weighted by molar-refractivity contribution is 6.32. The number of rotatable bonds is 6. The van der Waals surface area contributed by atoms with Gasteiger partial charge in [-0.2, -0.15) is 0 Å². The molecule has 0 radical (unpaired) electrons. The van der Waals surface area contributed by atoms with Crippen LogP contribution in [0, 0.1) is 16.0 Å². The quantitative estimate of drug-likeness (QED) is 0.421. The smallest absolute Gasteiger partial charge is 0.319 e. The molecule has 3 amide bonds. The van der Waals surface area contributed by atoms with E-state index in [2.05, 4.69) is 16.0 Å². The van der Waals surface area contributed by atoms with Crippen molar-refractivity contribution in [2.24, 2.45) is 5.92 Å². The number of benzene rings is 1. The van der Waals surface area contributed by atoms with Crippen LogP contribution >= 0.6 is 11.6 Å². The summed E-state index contributed by atoms with van der Waals surface area (Å²) in [5, 5.41) is 18.4. The number of nitro benzene ring substituents is 1. The number of hydrogen-bond donors (Lipinski definition) is 3. The first-order valence-electron chi connectivity index (χ1n) is 6.57. The second kappa shape index (κ2) is 8.18. The van der Waals surface area contributed by atoms with E-state index in [1.165, 1.54) is 18.2 Å². The number of nitrogens with zero attached hydrogens (tertiary/aromatic N) is 1. The van der Waals surface area contributed by atoms with Crippen LogP contribution in [0.25, 0.3) is 0 Å². The fraction of sp³-hybridized carbons (Fsp3) is 0.385. The third-order valence-electron chi connectivity index (χ3n) is 2.63. The average Bonchev–Trinajstić information content (AvgIpc) is 2.45. The summed E-state index contributed by atoms with van der Waals surface area (Å²) in [5.74, 6) is -0.223. The summed E-state index contributed by atoms with van der Waals surface area (Å²) in [6.07, 6.45) is 0. The fourth-order valence-corrected chi connectivity index (χ4v) is 1.66. The molecule has 0 spiro atoms. The summed E-state index contributed by atoms with van der Waals surface area (Å²) in [7, 11) is 0. The highest BCUT2D eigenvalue weighted by atomic mass is 35.5. The molecule has 120 valence electrons. The summed E-state index contributed by atoms with van der Waals surface area (Å²) in [5.41, 5.74) is -0.0384. The van der Waals surface area contributed by atoms with Crippen molar-refractivity contribution in [3.63, 3.8) is 0 Å². The summed E-state index contributed by atoms with van der Waals surface area (Å²) < 4.78 is 0. The Kier molecular flexibility index (Phi) is 6.58. The Bertz CT molecular complexity index is 577. The Morgan fingerprint density at radius 3 is 2.50 bits per heavy atom. The van der Waals surface area contributed by atoms with E-state index < -0.39 is 11.0 Å². The van der Waals surface area contributed by atoms with Gasteiger partial charge in [0.25, 0.3) is 5.69 Å². The summed E-state index contributed by atoms with van der Waals surface area (Å²) >= 11 is 5.68. The van der Waals surface area contributed by atoms with Crippen molar-refractivity contribution in [1.82, 2.24) is 10.6 Å². The summed E-state index contributed by atoms with van der Waals surface area (Å²) in [6, 6.07) is 3.42. The number of carbonyl (C=O) groups is 2. The topological polar surface area (TPSA) is 113 Å². The normalized spacial score (nSPS) is 10.2.